The summed E-state index contributed by atoms with van der Waals surface area (Å²) in [6, 6.07) is 8.39. The molecule has 1 aliphatic carbocycles. The molecule has 0 N–H and O–H groups in total. The monoisotopic (exact) mass is 174 g/mol. The Kier molecular flexibility index (Phi) is 1.97. The first-order chi connectivity index (χ1) is 6.26. The van der Waals surface area contributed by atoms with Gasteiger partial charge in [0.2, 0.25) is 0 Å². The van der Waals surface area contributed by atoms with Gasteiger partial charge in [-0.15, -0.1) is 0 Å². The smallest absolute Gasteiger partial charge is 0.0939 e. The van der Waals surface area contributed by atoms with Gasteiger partial charge in [0.1, 0.15) is 0 Å². The number of methoxy groups -OCH3 is 1. The average Bonchev–Trinajstić information content (AvgIpc) is 2.19. The zero-order valence-electron chi connectivity index (χ0n) is 8.08. The molecule has 1 atom stereocenters. The topological polar surface area (TPSA) is 9.23 Å². The van der Waals surface area contributed by atoms with Crippen LogP contribution in [0.15, 0.2) is 30.3 Å². The molecule has 1 unspecified atom stereocenters. The summed E-state index contributed by atoms with van der Waals surface area (Å²) in [5.41, 5.74) is 2.43. The highest BCUT2D eigenvalue weighted by molar-refractivity contribution is 5.58. The van der Waals surface area contributed by atoms with Crippen molar-refractivity contribution in [3.63, 3.8) is 0 Å². The van der Waals surface area contributed by atoms with E-state index in [1.54, 1.807) is 7.11 Å². The zero-order chi connectivity index (χ0) is 9.31. The van der Waals surface area contributed by atoms with Crippen LogP contribution in [0.2, 0.25) is 0 Å². The maximum absolute atomic E-state index is 5.55. The number of hydrogen-bond acceptors (Lipinski definition) is 1. The molecule has 1 aromatic rings. The molecule has 0 radical (unpaired) electrons. The minimum Gasteiger partial charge on any atom is -0.373 e. The van der Waals surface area contributed by atoms with E-state index in [0.29, 0.717) is 0 Å². The maximum Gasteiger partial charge on any atom is 0.0939 e. The lowest BCUT2D eigenvalue weighted by atomic mass is 9.84. The van der Waals surface area contributed by atoms with Crippen molar-refractivity contribution in [2.45, 2.75) is 18.9 Å². The molecule has 2 rings (SSSR count). The number of benzene rings is 1. The summed E-state index contributed by atoms with van der Waals surface area (Å²) in [6.07, 6.45) is 5.29. The van der Waals surface area contributed by atoms with Crippen molar-refractivity contribution < 1.29 is 4.74 Å². The van der Waals surface area contributed by atoms with Crippen molar-refractivity contribution >= 4 is 6.08 Å². The van der Waals surface area contributed by atoms with E-state index in [-0.39, 0.29) is 5.60 Å². The molecule has 1 aromatic carbocycles. The minimum absolute atomic E-state index is 0.134. The Bertz CT molecular complexity index is 341. The largest absolute Gasteiger partial charge is 0.373 e. The predicted molar refractivity (Wildman–Crippen MR) is 54.5 cm³/mol. The zero-order valence-corrected chi connectivity index (χ0v) is 8.08. The normalized spacial score (nSPS) is 25.7. The molecule has 1 aliphatic rings. The summed E-state index contributed by atoms with van der Waals surface area (Å²) in [5, 5.41) is 0. The van der Waals surface area contributed by atoms with Crippen LogP contribution in [-0.2, 0) is 10.3 Å². The minimum atomic E-state index is -0.134. The highest BCUT2D eigenvalue weighted by Gasteiger charge is 2.28. The van der Waals surface area contributed by atoms with E-state index in [1.807, 2.05) is 0 Å². The van der Waals surface area contributed by atoms with Gasteiger partial charge < -0.3 is 4.74 Å². The van der Waals surface area contributed by atoms with E-state index in [1.165, 1.54) is 11.1 Å². The lowest BCUT2D eigenvalue weighted by Crippen LogP contribution is -2.26. The van der Waals surface area contributed by atoms with Crippen molar-refractivity contribution in [2.75, 3.05) is 7.11 Å². The van der Waals surface area contributed by atoms with Crippen molar-refractivity contribution in [3.05, 3.63) is 41.5 Å². The Balaban J connectivity index is 2.55. The fraction of sp³-hybridized carbons (Fsp3) is 0.333. The van der Waals surface area contributed by atoms with Crippen LogP contribution >= 0.6 is 0 Å². The van der Waals surface area contributed by atoms with Crippen LogP contribution in [0.25, 0.3) is 6.08 Å². The van der Waals surface area contributed by atoms with Crippen LogP contribution < -0.4 is 0 Å². The summed E-state index contributed by atoms with van der Waals surface area (Å²) >= 11 is 0. The molecule has 1 nitrogen and oxygen atoms in total. The molecule has 0 saturated heterocycles. The average molecular weight is 174 g/mol. The van der Waals surface area contributed by atoms with E-state index in [2.05, 4.69) is 43.3 Å². The second-order valence-electron chi connectivity index (χ2n) is 3.63. The molecule has 68 valence electrons. The highest BCUT2D eigenvalue weighted by Crippen LogP contribution is 2.35. The second-order valence-corrected chi connectivity index (χ2v) is 3.63. The van der Waals surface area contributed by atoms with Gasteiger partial charge in [0.15, 0.2) is 0 Å². The van der Waals surface area contributed by atoms with Crippen LogP contribution in [0.3, 0.4) is 0 Å². The van der Waals surface area contributed by atoms with Gasteiger partial charge in [-0.05, 0) is 24.5 Å². The van der Waals surface area contributed by atoms with Crippen molar-refractivity contribution in [3.8, 4) is 0 Å². The van der Waals surface area contributed by atoms with Gasteiger partial charge in [-0.1, -0.05) is 36.4 Å². The van der Waals surface area contributed by atoms with E-state index >= 15 is 0 Å². The fourth-order valence-electron chi connectivity index (χ4n) is 1.84. The summed E-state index contributed by atoms with van der Waals surface area (Å²) < 4.78 is 5.55. The van der Waals surface area contributed by atoms with Gasteiger partial charge in [0, 0.05) is 7.11 Å². The van der Waals surface area contributed by atoms with Gasteiger partial charge in [0.05, 0.1) is 5.60 Å². The summed E-state index contributed by atoms with van der Waals surface area (Å²) in [6.45, 7) is 2.13. The molecule has 0 aliphatic heterocycles. The van der Waals surface area contributed by atoms with Crippen LogP contribution in [0.1, 0.15) is 24.5 Å². The van der Waals surface area contributed by atoms with Gasteiger partial charge in [-0.2, -0.15) is 0 Å². The summed E-state index contributed by atoms with van der Waals surface area (Å²) in [4.78, 5) is 0. The molecule has 0 heterocycles. The predicted octanol–water partition coefficient (Wildman–Crippen LogP) is 2.97. The molecular weight excluding hydrogens is 160 g/mol. The van der Waals surface area contributed by atoms with Crippen molar-refractivity contribution in [2.24, 2.45) is 0 Å². The van der Waals surface area contributed by atoms with Crippen molar-refractivity contribution in [1.29, 1.82) is 0 Å². The molecule has 1 heteroatoms. The Hall–Kier alpha value is -1.08. The number of ether oxygens (including phenoxy) is 1. The Morgan fingerprint density at radius 1 is 1.31 bits per heavy atom. The third kappa shape index (κ3) is 1.29. The van der Waals surface area contributed by atoms with E-state index in [4.69, 9.17) is 4.74 Å². The standard InChI is InChI=1S/C12H14O/c1-12(13-2)9-5-7-10-6-3-4-8-11(10)12/h3-8H,9H2,1-2H3. The van der Waals surface area contributed by atoms with Crippen LogP contribution in [0.5, 0.6) is 0 Å². The third-order valence-corrected chi connectivity index (χ3v) is 2.79. The molecule has 13 heavy (non-hydrogen) atoms. The maximum atomic E-state index is 5.55. The molecule has 0 saturated carbocycles. The second kappa shape index (κ2) is 3.00. The van der Waals surface area contributed by atoms with E-state index < -0.39 is 0 Å². The first-order valence-electron chi connectivity index (χ1n) is 4.57. The lowest BCUT2D eigenvalue weighted by molar-refractivity contribution is 0.00351. The van der Waals surface area contributed by atoms with Crippen molar-refractivity contribution in [1.82, 2.24) is 0 Å². The van der Waals surface area contributed by atoms with Crippen LogP contribution in [0, 0.1) is 0 Å². The first-order valence-corrected chi connectivity index (χ1v) is 4.57. The molecule has 0 bridgehead atoms. The highest BCUT2D eigenvalue weighted by atomic mass is 16.5. The van der Waals surface area contributed by atoms with Gasteiger partial charge in [-0.3, -0.25) is 0 Å². The third-order valence-electron chi connectivity index (χ3n) is 2.79. The Morgan fingerprint density at radius 2 is 2.08 bits per heavy atom. The molecule has 0 amide bonds. The molecular formula is C12H14O. The number of hydrogen-bond donors (Lipinski definition) is 0. The first kappa shape index (κ1) is 8.52. The van der Waals surface area contributed by atoms with E-state index in [9.17, 15) is 0 Å². The molecule has 0 spiro atoms. The number of fused-ring (bicyclic) bond motifs is 1. The Labute approximate surface area is 79.0 Å². The SMILES string of the molecule is COC1(C)CC=Cc2ccccc21. The van der Waals surface area contributed by atoms with Crippen LogP contribution in [-0.4, -0.2) is 7.11 Å². The fourth-order valence-corrected chi connectivity index (χ4v) is 1.84. The lowest BCUT2D eigenvalue weighted by Gasteiger charge is -2.31. The van der Waals surface area contributed by atoms with Gasteiger partial charge in [-0.25, -0.2) is 0 Å². The summed E-state index contributed by atoms with van der Waals surface area (Å²) in [5.74, 6) is 0. The summed E-state index contributed by atoms with van der Waals surface area (Å²) in [7, 11) is 1.77. The number of rotatable bonds is 1. The van der Waals surface area contributed by atoms with E-state index in [0.717, 1.165) is 6.42 Å². The molecule has 0 fully saturated rings. The Morgan fingerprint density at radius 3 is 2.85 bits per heavy atom. The van der Waals surface area contributed by atoms with Gasteiger partial charge >= 0.3 is 0 Å². The van der Waals surface area contributed by atoms with Crippen LogP contribution in [0.4, 0.5) is 0 Å². The molecule has 0 aromatic heterocycles. The quantitative estimate of drug-likeness (QED) is 0.636. The van der Waals surface area contributed by atoms with Gasteiger partial charge in [0.25, 0.3) is 0 Å².